The average molecular weight is 496 g/mol. The number of hydrogen-bond donors (Lipinski definition) is 1. The van der Waals surface area contributed by atoms with Gasteiger partial charge in [-0.1, -0.05) is 0 Å². The molecule has 28 heavy (non-hydrogen) atoms. The van der Waals surface area contributed by atoms with Crippen molar-refractivity contribution in [1.82, 2.24) is 19.8 Å². The molecule has 8 heteroatoms. The molecule has 0 bridgehead atoms. The SMILES string of the molecule is CN1CCN(C2CCN(c3ccc(Nc4ncc(I)cn4)cc3F)CC2)CC1. The van der Waals surface area contributed by atoms with E-state index in [2.05, 4.69) is 59.6 Å². The molecular weight excluding hydrogens is 470 g/mol. The van der Waals surface area contributed by atoms with E-state index in [1.807, 2.05) is 12.1 Å². The van der Waals surface area contributed by atoms with Gasteiger partial charge in [0.1, 0.15) is 5.82 Å². The van der Waals surface area contributed by atoms with E-state index in [4.69, 9.17) is 0 Å². The molecule has 0 atom stereocenters. The number of nitrogens with zero attached hydrogens (tertiary/aromatic N) is 5. The second kappa shape index (κ2) is 8.87. The van der Waals surface area contributed by atoms with E-state index in [-0.39, 0.29) is 5.82 Å². The molecule has 0 spiro atoms. The molecule has 1 aromatic heterocycles. The van der Waals surface area contributed by atoms with Gasteiger partial charge in [0.25, 0.3) is 0 Å². The van der Waals surface area contributed by atoms with E-state index in [1.165, 1.54) is 6.07 Å². The maximum atomic E-state index is 14.8. The Kier molecular flexibility index (Phi) is 6.27. The predicted octanol–water partition coefficient (Wildman–Crippen LogP) is 3.18. The van der Waals surface area contributed by atoms with E-state index in [1.54, 1.807) is 12.4 Å². The van der Waals surface area contributed by atoms with E-state index >= 15 is 0 Å². The lowest BCUT2D eigenvalue weighted by molar-refractivity contribution is 0.0981. The number of nitrogens with one attached hydrogen (secondary N) is 1. The van der Waals surface area contributed by atoms with Crippen molar-refractivity contribution in [2.24, 2.45) is 0 Å². The Balaban J connectivity index is 1.35. The first kappa shape index (κ1) is 19.8. The quantitative estimate of drug-likeness (QED) is 0.657. The fraction of sp³-hybridized carbons (Fsp3) is 0.500. The van der Waals surface area contributed by atoms with Crippen LogP contribution in [0.25, 0.3) is 0 Å². The molecule has 2 saturated heterocycles. The Bertz CT molecular complexity index is 786. The van der Waals surface area contributed by atoms with Crippen molar-refractivity contribution in [1.29, 1.82) is 0 Å². The van der Waals surface area contributed by atoms with Crippen molar-refractivity contribution in [2.75, 3.05) is 56.5 Å². The summed E-state index contributed by atoms with van der Waals surface area (Å²) in [6, 6.07) is 5.92. The zero-order chi connectivity index (χ0) is 19.5. The Labute approximate surface area is 179 Å². The van der Waals surface area contributed by atoms with Gasteiger partial charge in [0.2, 0.25) is 5.95 Å². The number of benzene rings is 1. The summed E-state index contributed by atoms with van der Waals surface area (Å²) >= 11 is 2.15. The summed E-state index contributed by atoms with van der Waals surface area (Å²) in [7, 11) is 2.19. The highest BCUT2D eigenvalue weighted by Crippen LogP contribution is 2.28. The van der Waals surface area contributed by atoms with Gasteiger partial charge in [-0.15, -0.1) is 0 Å². The number of anilines is 3. The Morgan fingerprint density at radius 3 is 2.36 bits per heavy atom. The van der Waals surface area contributed by atoms with Gasteiger partial charge in [0.15, 0.2) is 0 Å². The monoisotopic (exact) mass is 496 g/mol. The van der Waals surface area contributed by atoms with Crippen molar-refractivity contribution < 1.29 is 4.39 Å². The first-order chi connectivity index (χ1) is 13.6. The van der Waals surface area contributed by atoms with E-state index in [9.17, 15) is 4.39 Å². The molecule has 1 N–H and O–H groups in total. The van der Waals surface area contributed by atoms with Crippen molar-refractivity contribution >= 4 is 39.9 Å². The maximum Gasteiger partial charge on any atom is 0.227 e. The van der Waals surface area contributed by atoms with Crippen LogP contribution >= 0.6 is 22.6 Å². The highest BCUT2D eigenvalue weighted by Gasteiger charge is 2.27. The van der Waals surface area contributed by atoms with Crippen LogP contribution in [-0.2, 0) is 0 Å². The molecule has 2 fully saturated rings. The number of piperidine rings is 1. The number of piperazine rings is 1. The summed E-state index contributed by atoms with van der Waals surface area (Å²) in [5.41, 5.74) is 1.35. The van der Waals surface area contributed by atoms with Gasteiger partial charge in [-0.3, -0.25) is 4.90 Å². The summed E-state index contributed by atoms with van der Waals surface area (Å²) < 4.78 is 15.7. The molecule has 0 saturated carbocycles. The molecule has 6 nitrogen and oxygen atoms in total. The van der Waals surface area contributed by atoms with E-state index in [0.717, 1.165) is 55.7 Å². The van der Waals surface area contributed by atoms with Gasteiger partial charge >= 0.3 is 0 Å². The normalized spacial score (nSPS) is 19.8. The Hall–Kier alpha value is -1.52. The van der Waals surface area contributed by atoms with Gasteiger partial charge in [0, 0.05) is 67.0 Å². The minimum absolute atomic E-state index is 0.200. The predicted molar refractivity (Wildman–Crippen MR) is 119 cm³/mol. The summed E-state index contributed by atoms with van der Waals surface area (Å²) in [6.07, 6.45) is 5.65. The fourth-order valence-corrected chi connectivity index (χ4v) is 4.28. The highest BCUT2D eigenvalue weighted by molar-refractivity contribution is 14.1. The molecule has 2 aliphatic rings. The van der Waals surface area contributed by atoms with Crippen molar-refractivity contribution in [3.63, 3.8) is 0 Å². The van der Waals surface area contributed by atoms with E-state index in [0.29, 0.717) is 23.4 Å². The van der Waals surface area contributed by atoms with Gasteiger partial charge < -0.3 is 15.1 Å². The van der Waals surface area contributed by atoms with Gasteiger partial charge in [-0.25, -0.2) is 14.4 Å². The summed E-state index contributed by atoms with van der Waals surface area (Å²) in [6.45, 7) is 6.40. The third-order valence-electron chi connectivity index (χ3n) is 5.68. The zero-order valence-corrected chi connectivity index (χ0v) is 18.3. The minimum atomic E-state index is -0.200. The molecule has 2 aliphatic heterocycles. The molecule has 4 rings (SSSR count). The minimum Gasteiger partial charge on any atom is -0.369 e. The second-order valence-corrected chi connectivity index (χ2v) is 8.82. The molecule has 150 valence electrons. The lowest BCUT2D eigenvalue weighted by Crippen LogP contribution is -2.52. The van der Waals surface area contributed by atoms with Crippen LogP contribution in [0.4, 0.5) is 21.7 Å². The molecule has 0 amide bonds. The Morgan fingerprint density at radius 1 is 1.04 bits per heavy atom. The van der Waals surface area contributed by atoms with Crippen molar-refractivity contribution in [2.45, 2.75) is 18.9 Å². The first-order valence-electron chi connectivity index (χ1n) is 9.80. The third-order valence-corrected chi connectivity index (χ3v) is 6.24. The molecule has 0 aliphatic carbocycles. The van der Waals surface area contributed by atoms with Crippen LogP contribution in [-0.4, -0.2) is 72.1 Å². The third kappa shape index (κ3) is 4.72. The molecule has 3 heterocycles. The number of likely N-dealkylation sites (N-methyl/N-ethyl adjacent to an activating group) is 1. The summed E-state index contributed by atoms with van der Waals surface area (Å²) in [4.78, 5) is 15.6. The summed E-state index contributed by atoms with van der Waals surface area (Å²) in [5.74, 6) is 0.272. The maximum absolute atomic E-state index is 14.8. The van der Waals surface area contributed by atoms with Crippen molar-refractivity contribution in [3.8, 4) is 0 Å². The highest BCUT2D eigenvalue weighted by atomic mass is 127. The van der Waals surface area contributed by atoms with Crippen LogP contribution in [0.5, 0.6) is 0 Å². The molecule has 1 aromatic carbocycles. The first-order valence-corrected chi connectivity index (χ1v) is 10.9. The summed E-state index contributed by atoms with van der Waals surface area (Å²) in [5, 5.41) is 3.06. The smallest absolute Gasteiger partial charge is 0.227 e. The molecule has 2 aromatic rings. The van der Waals surface area contributed by atoms with Crippen LogP contribution in [0.15, 0.2) is 30.6 Å². The Morgan fingerprint density at radius 2 is 1.71 bits per heavy atom. The van der Waals surface area contributed by atoms with E-state index < -0.39 is 0 Å². The van der Waals surface area contributed by atoms with Gasteiger partial charge in [0.05, 0.1) is 5.69 Å². The second-order valence-electron chi connectivity index (χ2n) is 7.57. The van der Waals surface area contributed by atoms with Gasteiger partial charge in [-0.2, -0.15) is 0 Å². The van der Waals surface area contributed by atoms with Crippen LogP contribution in [0.2, 0.25) is 0 Å². The molecule has 0 radical (unpaired) electrons. The zero-order valence-electron chi connectivity index (χ0n) is 16.1. The lowest BCUT2D eigenvalue weighted by Gasteiger charge is -2.42. The number of rotatable bonds is 4. The number of aromatic nitrogens is 2. The fourth-order valence-electron chi connectivity index (χ4n) is 4.01. The topological polar surface area (TPSA) is 47.5 Å². The lowest BCUT2D eigenvalue weighted by atomic mass is 10.0. The van der Waals surface area contributed by atoms with Crippen LogP contribution in [0, 0.1) is 9.39 Å². The van der Waals surface area contributed by atoms with Crippen LogP contribution < -0.4 is 10.2 Å². The van der Waals surface area contributed by atoms with Crippen LogP contribution in [0.1, 0.15) is 12.8 Å². The number of halogens is 2. The molecule has 0 unspecified atom stereocenters. The largest absolute Gasteiger partial charge is 0.369 e. The standard InChI is InChI=1S/C20H26FIN6/c1-26-8-10-27(11-9-26)17-4-6-28(7-5-17)19-3-2-16(12-18(19)21)25-20-23-13-15(22)14-24-20/h2-3,12-14,17H,4-11H2,1H3,(H,23,24,25). The van der Waals surface area contributed by atoms with Crippen LogP contribution in [0.3, 0.4) is 0 Å². The number of hydrogen-bond acceptors (Lipinski definition) is 6. The average Bonchev–Trinajstić information content (AvgIpc) is 2.71. The van der Waals surface area contributed by atoms with Gasteiger partial charge in [-0.05, 0) is 60.7 Å². The molecular formula is C20H26FIN6. The van der Waals surface area contributed by atoms with Crippen molar-refractivity contribution in [3.05, 3.63) is 40.0 Å².